The van der Waals surface area contributed by atoms with Gasteiger partial charge in [0.1, 0.15) is 5.78 Å². The number of carbonyl (C=O) groups is 2. The third-order valence-corrected chi connectivity index (χ3v) is 3.33. The van der Waals surface area contributed by atoms with Gasteiger partial charge in [0.2, 0.25) is 5.91 Å². The van der Waals surface area contributed by atoms with Crippen LogP contribution in [0.3, 0.4) is 0 Å². The Labute approximate surface area is 113 Å². The molecular weight excluding hydrogens is 240 g/mol. The zero-order valence-corrected chi connectivity index (χ0v) is 11.3. The van der Waals surface area contributed by atoms with Crippen LogP contribution < -0.4 is 5.32 Å². The van der Waals surface area contributed by atoms with Crippen LogP contribution in [0.25, 0.3) is 0 Å². The highest BCUT2D eigenvalue weighted by Crippen LogP contribution is 2.08. The lowest BCUT2D eigenvalue weighted by molar-refractivity contribution is -0.135. The van der Waals surface area contributed by atoms with Crippen LogP contribution in [-0.2, 0) is 16.0 Å². The summed E-state index contributed by atoms with van der Waals surface area (Å²) in [5.41, 5.74) is 1.26. The SMILES string of the molecule is CC(=O)CC(=O)N1CCNC(Cc2ccccc2)C1. The minimum Gasteiger partial charge on any atom is -0.339 e. The lowest BCUT2D eigenvalue weighted by Gasteiger charge is -2.33. The van der Waals surface area contributed by atoms with Gasteiger partial charge in [-0.3, -0.25) is 9.59 Å². The Kier molecular flexibility index (Phi) is 4.68. The Hall–Kier alpha value is -1.68. The van der Waals surface area contributed by atoms with E-state index in [2.05, 4.69) is 17.4 Å². The third-order valence-electron chi connectivity index (χ3n) is 3.33. The average molecular weight is 260 g/mol. The van der Waals surface area contributed by atoms with Crippen molar-refractivity contribution in [2.75, 3.05) is 19.6 Å². The van der Waals surface area contributed by atoms with Crippen molar-refractivity contribution >= 4 is 11.7 Å². The Morgan fingerprint density at radius 3 is 2.74 bits per heavy atom. The largest absolute Gasteiger partial charge is 0.339 e. The van der Waals surface area contributed by atoms with Gasteiger partial charge in [0, 0.05) is 25.7 Å². The Morgan fingerprint density at radius 2 is 2.05 bits per heavy atom. The van der Waals surface area contributed by atoms with Gasteiger partial charge in [-0.25, -0.2) is 0 Å². The maximum Gasteiger partial charge on any atom is 0.230 e. The Bertz CT molecular complexity index is 445. The highest BCUT2D eigenvalue weighted by Gasteiger charge is 2.23. The van der Waals surface area contributed by atoms with E-state index in [4.69, 9.17) is 0 Å². The molecule has 0 aromatic heterocycles. The van der Waals surface area contributed by atoms with E-state index in [0.29, 0.717) is 13.1 Å². The monoisotopic (exact) mass is 260 g/mol. The van der Waals surface area contributed by atoms with Crippen LogP contribution in [0.2, 0.25) is 0 Å². The van der Waals surface area contributed by atoms with Crippen LogP contribution in [0.4, 0.5) is 0 Å². The zero-order chi connectivity index (χ0) is 13.7. The first-order valence-corrected chi connectivity index (χ1v) is 6.69. The van der Waals surface area contributed by atoms with Crippen molar-refractivity contribution in [3.63, 3.8) is 0 Å². The summed E-state index contributed by atoms with van der Waals surface area (Å²) in [5.74, 6) is -0.116. The fraction of sp³-hybridized carbons (Fsp3) is 0.467. The molecule has 1 aliphatic rings. The van der Waals surface area contributed by atoms with Crippen LogP contribution >= 0.6 is 0 Å². The molecule has 1 aromatic carbocycles. The van der Waals surface area contributed by atoms with Crippen molar-refractivity contribution in [2.45, 2.75) is 25.8 Å². The molecule has 0 saturated carbocycles. The minimum absolute atomic E-state index is 0.0259. The Balaban J connectivity index is 1.90. The van der Waals surface area contributed by atoms with E-state index in [0.717, 1.165) is 13.0 Å². The summed E-state index contributed by atoms with van der Waals surface area (Å²) in [6.45, 7) is 3.63. The summed E-state index contributed by atoms with van der Waals surface area (Å²) in [5, 5.41) is 3.43. The Morgan fingerprint density at radius 1 is 1.32 bits per heavy atom. The standard InChI is InChI=1S/C15H20N2O2/c1-12(18)9-15(19)17-8-7-16-14(11-17)10-13-5-3-2-4-6-13/h2-6,14,16H,7-11H2,1H3. The van der Waals surface area contributed by atoms with E-state index in [1.54, 1.807) is 4.90 Å². The molecule has 0 bridgehead atoms. The molecule has 1 heterocycles. The van der Waals surface area contributed by atoms with E-state index in [1.807, 2.05) is 18.2 Å². The maximum absolute atomic E-state index is 11.9. The van der Waals surface area contributed by atoms with Crippen LogP contribution in [0.15, 0.2) is 30.3 Å². The second-order valence-electron chi connectivity index (χ2n) is 5.06. The molecule has 1 fully saturated rings. The smallest absolute Gasteiger partial charge is 0.230 e. The number of ketones is 1. The fourth-order valence-corrected chi connectivity index (χ4v) is 2.41. The van der Waals surface area contributed by atoms with Crippen LogP contribution in [-0.4, -0.2) is 42.3 Å². The molecule has 0 aliphatic carbocycles. The molecule has 1 saturated heterocycles. The summed E-state index contributed by atoms with van der Waals surface area (Å²) in [6, 6.07) is 10.5. The number of benzene rings is 1. The highest BCUT2D eigenvalue weighted by atomic mass is 16.2. The van der Waals surface area contributed by atoms with E-state index in [9.17, 15) is 9.59 Å². The second-order valence-corrected chi connectivity index (χ2v) is 5.06. The van der Waals surface area contributed by atoms with Crippen molar-refractivity contribution in [1.29, 1.82) is 0 Å². The van der Waals surface area contributed by atoms with Crippen LogP contribution in [0.5, 0.6) is 0 Å². The van der Waals surface area contributed by atoms with Gasteiger partial charge < -0.3 is 10.2 Å². The molecule has 19 heavy (non-hydrogen) atoms. The predicted octanol–water partition coefficient (Wildman–Crippen LogP) is 1.01. The molecule has 1 aromatic rings. The van der Waals surface area contributed by atoms with Crippen molar-refractivity contribution in [3.8, 4) is 0 Å². The van der Waals surface area contributed by atoms with Gasteiger partial charge in [-0.05, 0) is 18.9 Å². The van der Waals surface area contributed by atoms with Crippen molar-refractivity contribution < 1.29 is 9.59 Å². The van der Waals surface area contributed by atoms with Gasteiger partial charge in [-0.15, -0.1) is 0 Å². The highest BCUT2D eigenvalue weighted by molar-refractivity contribution is 5.96. The van der Waals surface area contributed by atoms with Crippen LogP contribution in [0, 0.1) is 0 Å². The maximum atomic E-state index is 11.9. The number of nitrogens with one attached hydrogen (secondary N) is 1. The number of carbonyl (C=O) groups excluding carboxylic acids is 2. The van der Waals surface area contributed by atoms with E-state index in [1.165, 1.54) is 12.5 Å². The number of rotatable bonds is 4. The number of hydrogen-bond donors (Lipinski definition) is 1. The molecule has 1 unspecified atom stereocenters. The molecule has 0 radical (unpaired) electrons. The molecule has 4 nitrogen and oxygen atoms in total. The van der Waals surface area contributed by atoms with Gasteiger partial charge >= 0.3 is 0 Å². The first kappa shape index (κ1) is 13.7. The van der Waals surface area contributed by atoms with E-state index >= 15 is 0 Å². The first-order chi connectivity index (χ1) is 9.15. The van der Waals surface area contributed by atoms with Gasteiger partial charge in [-0.2, -0.15) is 0 Å². The molecule has 1 aliphatic heterocycles. The van der Waals surface area contributed by atoms with E-state index < -0.39 is 0 Å². The lowest BCUT2D eigenvalue weighted by atomic mass is 10.0. The molecule has 2 rings (SSSR count). The fourth-order valence-electron chi connectivity index (χ4n) is 2.41. The van der Waals surface area contributed by atoms with Crippen molar-refractivity contribution in [3.05, 3.63) is 35.9 Å². The third kappa shape index (κ3) is 4.17. The summed E-state index contributed by atoms with van der Waals surface area (Å²) in [6.07, 6.45) is 0.933. The predicted molar refractivity (Wildman–Crippen MR) is 73.8 cm³/mol. The molecule has 0 spiro atoms. The number of hydrogen-bond acceptors (Lipinski definition) is 3. The summed E-state index contributed by atoms with van der Waals surface area (Å²) in [7, 11) is 0. The number of nitrogens with zero attached hydrogens (tertiary/aromatic N) is 1. The van der Waals surface area contributed by atoms with Crippen LogP contribution in [0.1, 0.15) is 18.9 Å². The topological polar surface area (TPSA) is 49.4 Å². The molecule has 1 atom stereocenters. The molecule has 4 heteroatoms. The quantitative estimate of drug-likeness (QED) is 0.822. The summed E-state index contributed by atoms with van der Waals surface area (Å²) >= 11 is 0. The number of amides is 1. The lowest BCUT2D eigenvalue weighted by Crippen LogP contribution is -2.53. The minimum atomic E-state index is -0.0665. The van der Waals surface area contributed by atoms with Gasteiger partial charge in [0.05, 0.1) is 6.42 Å². The summed E-state index contributed by atoms with van der Waals surface area (Å²) < 4.78 is 0. The number of piperazine rings is 1. The molecular formula is C15H20N2O2. The molecule has 102 valence electrons. The first-order valence-electron chi connectivity index (χ1n) is 6.69. The molecule has 1 amide bonds. The zero-order valence-electron chi connectivity index (χ0n) is 11.3. The van der Waals surface area contributed by atoms with Gasteiger partial charge in [0.15, 0.2) is 0 Å². The van der Waals surface area contributed by atoms with E-state index in [-0.39, 0.29) is 24.2 Å². The normalized spacial score (nSPS) is 19.2. The van der Waals surface area contributed by atoms with Crippen molar-refractivity contribution in [2.24, 2.45) is 0 Å². The van der Waals surface area contributed by atoms with Crippen molar-refractivity contribution in [1.82, 2.24) is 10.2 Å². The molecule has 1 N–H and O–H groups in total. The van der Waals surface area contributed by atoms with Gasteiger partial charge in [0.25, 0.3) is 0 Å². The average Bonchev–Trinajstić information content (AvgIpc) is 2.39. The second kappa shape index (κ2) is 6.48. The van der Waals surface area contributed by atoms with Gasteiger partial charge in [-0.1, -0.05) is 30.3 Å². The number of Topliss-reactive ketones (excluding diaryl/α,β-unsaturated/α-hetero) is 1. The summed E-state index contributed by atoms with van der Waals surface area (Å²) in [4.78, 5) is 24.7.